The second-order valence-electron chi connectivity index (χ2n) is 7.36. The van der Waals surface area contributed by atoms with Gasteiger partial charge in [0.2, 0.25) is 5.91 Å². The topological polar surface area (TPSA) is 78.7 Å². The third-order valence-electron chi connectivity index (χ3n) is 5.40. The number of carbonyl (C=O) groups excluding carboxylic acids is 2. The van der Waals surface area contributed by atoms with Crippen LogP contribution >= 0.6 is 0 Å². The van der Waals surface area contributed by atoms with Gasteiger partial charge >= 0.3 is 6.03 Å². The maximum atomic E-state index is 13.0. The van der Waals surface area contributed by atoms with Crippen molar-refractivity contribution in [2.75, 3.05) is 24.5 Å². The zero-order chi connectivity index (χ0) is 18.1. The molecule has 2 saturated heterocycles. The van der Waals surface area contributed by atoms with Gasteiger partial charge in [-0.2, -0.15) is 0 Å². The summed E-state index contributed by atoms with van der Waals surface area (Å²) in [5, 5.41) is 2.78. The highest BCUT2D eigenvalue weighted by Gasteiger charge is 2.38. The fourth-order valence-corrected chi connectivity index (χ4v) is 4.38. The summed E-state index contributed by atoms with van der Waals surface area (Å²) >= 11 is 0. The van der Waals surface area contributed by atoms with Crippen LogP contribution in [0.25, 0.3) is 0 Å². The van der Waals surface area contributed by atoms with Crippen molar-refractivity contribution in [1.82, 2.24) is 10.2 Å². The van der Waals surface area contributed by atoms with Crippen LogP contribution in [-0.2, 0) is 4.79 Å². The van der Waals surface area contributed by atoms with E-state index in [1.54, 1.807) is 0 Å². The highest BCUT2D eigenvalue weighted by molar-refractivity contribution is 6.00. The van der Waals surface area contributed by atoms with Crippen molar-refractivity contribution in [1.29, 1.82) is 0 Å². The first-order valence-corrected chi connectivity index (χ1v) is 9.06. The number of rotatable bonds is 3. The molecule has 1 aromatic carbocycles. The summed E-state index contributed by atoms with van der Waals surface area (Å²) in [6.07, 6.45) is 2.55. The van der Waals surface area contributed by atoms with Crippen molar-refractivity contribution in [3.8, 4) is 0 Å². The van der Waals surface area contributed by atoms with Crippen LogP contribution in [0.4, 0.5) is 10.5 Å². The zero-order valence-corrected chi connectivity index (χ0v) is 15.3. The van der Waals surface area contributed by atoms with Crippen LogP contribution < -0.4 is 16.0 Å². The van der Waals surface area contributed by atoms with Gasteiger partial charge in [-0.3, -0.25) is 9.69 Å². The lowest BCUT2D eigenvalue weighted by molar-refractivity contribution is -0.122. The van der Waals surface area contributed by atoms with Crippen LogP contribution in [0, 0.1) is 20.8 Å². The van der Waals surface area contributed by atoms with Crippen LogP contribution in [0.2, 0.25) is 0 Å². The van der Waals surface area contributed by atoms with E-state index in [4.69, 9.17) is 5.73 Å². The van der Waals surface area contributed by atoms with E-state index in [0.29, 0.717) is 0 Å². The number of hydrogen-bond acceptors (Lipinski definition) is 3. The average Bonchev–Trinajstić information content (AvgIpc) is 2.88. The van der Waals surface area contributed by atoms with Gasteiger partial charge in [0, 0.05) is 31.4 Å². The summed E-state index contributed by atoms with van der Waals surface area (Å²) in [5.74, 6) is 0.205. The van der Waals surface area contributed by atoms with E-state index < -0.39 is 6.03 Å². The number of nitrogens with two attached hydrogens (primary N) is 1. The molecule has 136 valence electrons. The second kappa shape index (κ2) is 7.04. The van der Waals surface area contributed by atoms with Gasteiger partial charge in [-0.15, -0.1) is 0 Å². The van der Waals surface area contributed by atoms with E-state index in [9.17, 15) is 9.59 Å². The van der Waals surface area contributed by atoms with E-state index in [2.05, 4.69) is 43.1 Å². The smallest absolute Gasteiger partial charge is 0.312 e. The first-order chi connectivity index (χ1) is 11.9. The number of hydrogen-bond donors (Lipinski definition) is 2. The van der Waals surface area contributed by atoms with Crippen LogP contribution in [-0.4, -0.2) is 48.6 Å². The normalized spacial score (nSPS) is 22.4. The molecule has 2 aliphatic rings. The highest BCUT2D eigenvalue weighted by atomic mass is 16.2. The van der Waals surface area contributed by atoms with E-state index >= 15 is 0 Å². The molecule has 0 saturated carbocycles. The Labute approximate surface area is 149 Å². The van der Waals surface area contributed by atoms with E-state index in [1.807, 2.05) is 4.90 Å². The number of likely N-dealkylation sites (tertiary alicyclic amines) is 1. The van der Waals surface area contributed by atoms with Gasteiger partial charge in [-0.1, -0.05) is 17.7 Å². The molecule has 0 bridgehead atoms. The number of urea groups is 1. The lowest BCUT2D eigenvalue weighted by atomic mass is 10.0. The number of piperidine rings is 1. The van der Waals surface area contributed by atoms with E-state index in [0.717, 1.165) is 55.7 Å². The monoisotopic (exact) mass is 344 g/mol. The molecule has 2 aliphatic heterocycles. The first kappa shape index (κ1) is 17.7. The van der Waals surface area contributed by atoms with Crippen LogP contribution in [0.3, 0.4) is 0 Å². The summed E-state index contributed by atoms with van der Waals surface area (Å²) in [6.45, 7) is 8.66. The van der Waals surface area contributed by atoms with Crippen LogP contribution in [0.1, 0.15) is 36.0 Å². The Morgan fingerprint density at radius 3 is 2.24 bits per heavy atom. The molecule has 0 aliphatic carbocycles. The van der Waals surface area contributed by atoms with Crippen molar-refractivity contribution in [3.63, 3.8) is 0 Å². The molecular weight excluding hydrogens is 316 g/mol. The van der Waals surface area contributed by atoms with E-state index in [-0.39, 0.29) is 18.0 Å². The lowest BCUT2D eigenvalue weighted by Crippen LogP contribution is -2.51. The zero-order valence-electron chi connectivity index (χ0n) is 15.3. The molecule has 0 spiro atoms. The molecule has 0 aromatic heterocycles. The standard InChI is InChI=1S/C19H28N4O2/c1-12-10-13(2)17(14(3)11-12)23-9-6-16(18(23)24)22-7-4-15(5-8-22)21-19(20)25/h10-11,15-16H,4-9H2,1-3H3,(H3,20,21,25). The van der Waals surface area contributed by atoms with Gasteiger partial charge in [0.05, 0.1) is 6.04 Å². The molecule has 1 aromatic rings. The molecule has 2 heterocycles. The molecule has 3 N–H and O–H groups in total. The summed E-state index contributed by atoms with van der Waals surface area (Å²) < 4.78 is 0. The van der Waals surface area contributed by atoms with Gasteiger partial charge in [-0.25, -0.2) is 4.79 Å². The highest BCUT2D eigenvalue weighted by Crippen LogP contribution is 2.32. The number of anilines is 1. The van der Waals surface area contributed by atoms with Crippen LogP contribution in [0.15, 0.2) is 12.1 Å². The van der Waals surface area contributed by atoms with Gasteiger partial charge < -0.3 is 16.0 Å². The molecular formula is C19H28N4O2. The van der Waals surface area contributed by atoms with Gasteiger partial charge in [0.15, 0.2) is 0 Å². The summed E-state index contributed by atoms with van der Waals surface area (Å²) in [6, 6.07) is 3.90. The molecule has 1 unspecified atom stereocenters. The van der Waals surface area contributed by atoms with Crippen molar-refractivity contribution in [3.05, 3.63) is 28.8 Å². The summed E-state index contributed by atoms with van der Waals surface area (Å²) in [7, 11) is 0. The third-order valence-corrected chi connectivity index (χ3v) is 5.40. The number of carbonyl (C=O) groups is 2. The second-order valence-corrected chi connectivity index (χ2v) is 7.36. The van der Waals surface area contributed by atoms with Crippen LogP contribution in [0.5, 0.6) is 0 Å². The number of nitrogens with zero attached hydrogens (tertiary/aromatic N) is 2. The predicted molar refractivity (Wildman–Crippen MR) is 98.7 cm³/mol. The Hall–Kier alpha value is -2.08. The minimum Gasteiger partial charge on any atom is -0.352 e. The Morgan fingerprint density at radius 1 is 1.08 bits per heavy atom. The number of amides is 3. The summed E-state index contributed by atoms with van der Waals surface area (Å²) in [5.41, 5.74) is 9.83. The molecule has 3 amide bonds. The molecule has 3 rings (SSSR count). The first-order valence-electron chi connectivity index (χ1n) is 9.06. The maximum Gasteiger partial charge on any atom is 0.312 e. The minimum absolute atomic E-state index is 0.0466. The predicted octanol–water partition coefficient (Wildman–Crippen LogP) is 1.85. The fraction of sp³-hybridized carbons (Fsp3) is 0.579. The molecule has 2 fully saturated rings. The number of primary amides is 1. The minimum atomic E-state index is -0.466. The summed E-state index contributed by atoms with van der Waals surface area (Å²) in [4.78, 5) is 28.3. The van der Waals surface area contributed by atoms with Gasteiger partial charge in [0.1, 0.15) is 0 Å². The molecule has 25 heavy (non-hydrogen) atoms. The van der Waals surface area contributed by atoms with Gasteiger partial charge in [0.25, 0.3) is 0 Å². The van der Waals surface area contributed by atoms with Crippen molar-refractivity contribution in [2.24, 2.45) is 5.73 Å². The van der Waals surface area contributed by atoms with Crippen molar-refractivity contribution < 1.29 is 9.59 Å². The largest absolute Gasteiger partial charge is 0.352 e. The molecule has 1 atom stereocenters. The maximum absolute atomic E-state index is 13.0. The van der Waals surface area contributed by atoms with Crippen molar-refractivity contribution in [2.45, 2.75) is 52.1 Å². The lowest BCUT2D eigenvalue weighted by Gasteiger charge is -2.35. The Bertz CT molecular complexity index is 657. The Balaban J connectivity index is 1.68. The Kier molecular flexibility index (Phi) is 4.99. The number of aryl methyl sites for hydroxylation is 3. The number of nitrogens with one attached hydrogen (secondary N) is 1. The van der Waals surface area contributed by atoms with E-state index in [1.165, 1.54) is 5.56 Å². The average molecular weight is 344 g/mol. The fourth-order valence-electron chi connectivity index (χ4n) is 4.38. The van der Waals surface area contributed by atoms with Crippen molar-refractivity contribution >= 4 is 17.6 Å². The number of benzene rings is 1. The third kappa shape index (κ3) is 3.63. The Morgan fingerprint density at radius 2 is 1.68 bits per heavy atom. The van der Waals surface area contributed by atoms with Gasteiger partial charge in [-0.05, 0) is 51.2 Å². The quantitative estimate of drug-likeness (QED) is 0.878. The SMILES string of the molecule is Cc1cc(C)c(N2CCC(N3CCC(NC(N)=O)CC3)C2=O)c(C)c1. The molecule has 6 heteroatoms. The molecule has 6 nitrogen and oxygen atoms in total. The molecule has 0 radical (unpaired) electrons.